The molecule has 1 fully saturated rings. The summed E-state index contributed by atoms with van der Waals surface area (Å²) >= 11 is 5.61. The van der Waals surface area contributed by atoms with Crippen LogP contribution in [0, 0.1) is 5.82 Å². The van der Waals surface area contributed by atoms with E-state index >= 15 is 0 Å². The van der Waals surface area contributed by atoms with Gasteiger partial charge in [0.15, 0.2) is 0 Å². The highest BCUT2D eigenvalue weighted by Gasteiger charge is 2.16. The Morgan fingerprint density at radius 1 is 1.37 bits per heavy atom. The van der Waals surface area contributed by atoms with E-state index in [1.54, 1.807) is 0 Å². The fraction of sp³-hybridized carbons (Fsp3) is 0.462. The van der Waals surface area contributed by atoms with Crippen molar-refractivity contribution in [1.29, 1.82) is 0 Å². The number of halogens is 2. The summed E-state index contributed by atoms with van der Waals surface area (Å²) in [7, 11) is 0. The van der Waals surface area contributed by atoms with Crippen molar-refractivity contribution in [2.24, 2.45) is 0 Å². The molecule has 2 rings (SSSR count). The van der Waals surface area contributed by atoms with Crippen LogP contribution in [0.5, 0.6) is 0 Å². The second-order valence-corrected chi connectivity index (χ2v) is 5.06. The van der Waals surface area contributed by atoms with Crippen LogP contribution in [0.4, 0.5) is 15.8 Å². The van der Waals surface area contributed by atoms with Crippen LogP contribution in [0.25, 0.3) is 0 Å². The molecule has 3 N–H and O–H groups in total. The van der Waals surface area contributed by atoms with Gasteiger partial charge < -0.3 is 16.0 Å². The number of likely N-dealkylation sites (tertiary alicyclic amines) is 1. The maximum atomic E-state index is 13.3. The van der Waals surface area contributed by atoms with Gasteiger partial charge in [-0.3, -0.25) is 4.79 Å². The van der Waals surface area contributed by atoms with Gasteiger partial charge in [0.05, 0.1) is 22.9 Å². The van der Waals surface area contributed by atoms with Crippen molar-refractivity contribution < 1.29 is 9.18 Å². The molecule has 0 radical (unpaired) electrons. The predicted octanol–water partition coefficient (Wildman–Crippen LogP) is 2.49. The quantitative estimate of drug-likeness (QED) is 0.839. The second-order valence-electron chi connectivity index (χ2n) is 4.65. The number of nitrogen functional groups attached to an aromatic ring is 1. The van der Waals surface area contributed by atoms with Crippen LogP contribution in [-0.4, -0.2) is 30.4 Å². The summed E-state index contributed by atoms with van der Waals surface area (Å²) < 4.78 is 13.3. The molecule has 1 aliphatic heterocycles. The van der Waals surface area contributed by atoms with E-state index < -0.39 is 5.82 Å². The lowest BCUT2D eigenvalue weighted by molar-refractivity contribution is -0.130. The molecule has 19 heavy (non-hydrogen) atoms. The molecule has 0 saturated carbocycles. The van der Waals surface area contributed by atoms with Gasteiger partial charge in [0, 0.05) is 19.2 Å². The zero-order valence-electron chi connectivity index (χ0n) is 10.6. The van der Waals surface area contributed by atoms with Crippen LogP contribution >= 0.6 is 11.6 Å². The van der Waals surface area contributed by atoms with E-state index in [4.69, 9.17) is 17.3 Å². The number of benzene rings is 1. The Bertz CT molecular complexity index is 475. The monoisotopic (exact) mass is 285 g/mol. The first kappa shape index (κ1) is 13.9. The van der Waals surface area contributed by atoms with Crippen molar-refractivity contribution in [1.82, 2.24) is 4.90 Å². The fourth-order valence-corrected chi connectivity index (χ4v) is 2.31. The number of hydrogen-bond donors (Lipinski definition) is 2. The number of rotatable bonds is 3. The summed E-state index contributed by atoms with van der Waals surface area (Å²) in [6, 6.07) is 2.55. The molecule has 0 aromatic heterocycles. The number of nitrogens with one attached hydrogen (secondary N) is 1. The summed E-state index contributed by atoms with van der Waals surface area (Å²) in [5.41, 5.74) is 6.44. The maximum Gasteiger partial charge on any atom is 0.241 e. The molecule has 1 aromatic carbocycles. The average molecular weight is 286 g/mol. The Balaban J connectivity index is 1.94. The predicted molar refractivity (Wildman–Crippen MR) is 74.7 cm³/mol. The Labute approximate surface area is 116 Å². The van der Waals surface area contributed by atoms with Crippen LogP contribution in [0.2, 0.25) is 5.02 Å². The van der Waals surface area contributed by atoms with Gasteiger partial charge in [0.1, 0.15) is 5.82 Å². The lowest BCUT2D eigenvalue weighted by Gasteiger charge is -2.27. The molecule has 6 heteroatoms. The van der Waals surface area contributed by atoms with Gasteiger partial charge >= 0.3 is 0 Å². The van der Waals surface area contributed by atoms with E-state index in [1.807, 2.05) is 4.90 Å². The molecule has 0 unspecified atom stereocenters. The molecule has 0 spiro atoms. The summed E-state index contributed by atoms with van der Waals surface area (Å²) in [5, 5.41) is 2.84. The molecule has 104 valence electrons. The van der Waals surface area contributed by atoms with E-state index in [9.17, 15) is 9.18 Å². The summed E-state index contributed by atoms with van der Waals surface area (Å²) in [6.07, 6.45) is 3.26. The molecule has 1 heterocycles. The molecular weight excluding hydrogens is 269 g/mol. The van der Waals surface area contributed by atoms with Gasteiger partial charge in [0.2, 0.25) is 5.91 Å². The molecule has 1 aromatic rings. The third kappa shape index (κ3) is 3.50. The number of carbonyl (C=O) groups is 1. The Morgan fingerprint density at radius 2 is 2.05 bits per heavy atom. The number of nitrogens with zero attached hydrogens (tertiary/aromatic N) is 1. The van der Waals surface area contributed by atoms with Crippen LogP contribution in [0.3, 0.4) is 0 Å². The zero-order valence-corrected chi connectivity index (χ0v) is 11.3. The topological polar surface area (TPSA) is 58.4 Å². The van der Waals surface area contributed by atoms with Gasteiger partial charge in [-0.1, -0.05) is 11.6 Å². The Morgan fingerprint density at radius 3 is 2.74 bits per heavy atom. The van der Waals surface area contributed by atoms with Gasteiger partial charge in [-0.25, -0.2) is 4.39 Å². The molecule has 0 atom stereocenters. The first-order chi connectivity index (χ1) is 9.08. The second kappa shape index (κ2) is 6.10. The minimum Gasteiger partial charge on any atom is -0.397 e. The molecule has 0 bridgehead atoms. The summed E-state index contributed by atoms with van der Waals surface area (Å²) in [6.45, 7) is 1.71. The third-order valence-corrected chi connectivity index (χ3v) is 3.52. The molecule has 4 nitrogen and oxygen atoms in total. The minimum atomic E-state index is -0.552. The third-order valence-electron chi connectivity index (χ3n) is 3.23. The molecule has 0 aliphatic carbocycles. The number of nitrogens with two attached hydrogens (primary N) is 1. The SMILES string of the molecule is Nc1cc(Cl)c(F)cc1NCC(=O)N1CCCCC1. The van der Waals surface area contributed by atoms with E-state index in [-0.39, 0.29) is 17.5 Å². The molecule has 1 amide bonds. The van der Waals surface area contributed by atoms with E-state index in [0.717, 1.165) is 25.9 Å². The van der Waals surface area contributed by atoms with E-state index in [2.05, 4.69) is 5.32 Å². The van der Waals surface area contributed by atoms with E-state index in [0.29, 0.717) is 11.4 Å². The van der Waals surface area contributed by atoms with Crippen LogP contribution < -0.4 is 11.1 Å². The lowest BCUT2D eigenvalue weighted by atomic mass is 10.1. The van der Waals surface area contributed by atoms with Gasteiger partial charge in [-0.2, -0.15) is 0 Å². The van der Waals surface area contributed by atoms with Gasteiger partial charge in [-0.05, 0) is 25.3 Å². The Kier molecular flexibility index (Phi) is 4.47. The van der Waals surface area contributed by atoms with Crippen LogP contribution in [0.15, 0.2) is 12.1 Å². The molecule has 1 aliphatic rings. The van der Waals surface area contributed by atoms with Gasteiger partial charge in [0.25, 0.3) is 0 Å². The summed E-state index contributed by atoms with van der Waals surface area (Å²) in [4.78, 5) is 13.8. The average Bonchev–Trinajstić information content (AvgIpc) is 2.42. The highest BCUT2D eigenvalue weighted by molar-refractivity contribution is 6.31. The minimum absolute atomic E-state index is 0.00876. The normalized spacial score (nSPS) is 15.4. The first-order valence-electron chi connectivity index (χ1n) is 6.34. The number of carbonyl (C=O) groups excluding carboxylic acids is 1. The lowest BCUT2D eigenvalue weighted by Crippen LogP contribution is -2.39. The van der Waals surface area contributed by atoms with Gasteiger partial charge in [-0.15, -0.1) is 0 Å². The Hall–Kier alpha value is -1.49. The number of amides is 1. The summed E-state index contributed by atoms with van der Waals surface area (Å²) in [5.74, 6) is -0.543. The standard InChI is InChI=1S/C13H17ClFN3O/c14-9-6-11(16)12(7-10(9)15)17-8-13(19)18-4-2-1-3-5-18/h6-7,17H,1-5,8,16H2. The zero-order chi connectivity index (χ0) is 13.8. The highest BCUT2D eigenvalue weighted by atomic mass is 35.5. The first-order valence-corrected chi connectivity index (χ1v) is 6.72. The number of hydrogen-bond acceptors (Lipinski definition) is 3. The highest BCUT2D eigenvalue weighted by Crippen LogP contribution is 2.26. The van der Waals surface area contributed by atoms with E-state index in [1.165, 1.54) is 18.6 Å². The van der Waals surface area contributed by atoms with Crippen molar-refractivity contribution in [3.8, 4) is 0 Å². The maximum absolute atomic E-state index is 13.3. The largest absolute Gasteiger partial charge is 0.397 e. The van der Waals surface area contributed by atoms with Crippen molar-refractivity contribution >= 4 is 28.9 Å². The van der Waals surface area contributed by atoms with Crippen LogP contribution in [-0.2, 0) is 4.79 Å². The number of anilines is 2. The molecular formula is C13H17ClFN3O. The fourth-order valence-electron chi connectivity index (χ4n) is 2.14. The van der Waals surface area contributed by atoms with Crippen molar-refractivity contribution in [2.75, 3.05) is 30.7 Å². The van der Waals surface area contributed by atoms with Crippen molar-refractivity contribution in [2.45, 2.75) is 19.3 Å². The molecule has 1 saturated heterocycles. The number of piperidine rings is 1. The smallest absolute Gasteiger partial charge is 0.241 e. The van der Waals surface area contributed by atoms with Crippen LogP contribution in [0.1, 0.15) is 19.3 Å². The van der Waals surface area contributed by atoms with Crippen molar-refractivity contribution in [3.63, 3.8) is 0 Å². The van der Waals surface area contributed by atoms with Crippen molar-refractivity contribution in [3.05, 3.63) is 23.0 Å².